The van der Waals surface area contributed by atoms with E-state index in [-0.39, 0.29) is 27.9 Å². The number of aryl methyl sites for hydroxylation is 1. The number of pyridine rings is 3. The molecule has 12 heteroatoms. The molecular weight excluding hydrogens is 620 g/mol. The first-order valence-corrected chi connectivity index (χ1v) is 16.8. The molecule has 49 heavy (non-hydrogen) atoms. The normalized spacial score (nSPS) is 19.2. The fourth-order valence-corrected chi connectivity index (χ4v) is 7.70. The van der Waals surface area contributed by atoms with Crippen LogP contribution in [0.4, 0.5) is 17.2 Å². The van der Waals surface area contributed by atoms with Crippen LogP contribution in [0, 0.1) is 5.41 Å². The number of aldehydes is 1. The molecule has 7 heterocycles. The number of carbonyl (C=O) groups is 1. The maximum Gasteiger partial charge on any atom is 0.280 e. The van der Waals surface area contributed by atoms with Gasteiger partial charge in [-0.25, -0.2) is 9.97 Å². The summed E-state index contributed by atoms with van der Waals surface area (Å²) in [5.74, 6) is 0.766. The van der Waals surface area contributed by atoms with Gasteiger partial charge >= 0.3 is 0 Å². The SMILES string of the molecule is C[C@H]1CN(C2COC2)CCN1c1ccc(Nc2cc(-c3ccnc(-n4ccn5c6c(cc5c4=O)CC(C)(C)C6)c3C=O)cn(C)c2=O)nc1. The van der Waals surface area contributed by atoms with Gasteiger partial charge in [-0.05, 0) is 66.6 Å². The molecule has 2 saturated heterocycles. The molecule has 1 atom stereocenters. The molecule has 2 fully saturated rings. The molecule has 0 aromatic carbocycles. The van der Waals surface area contributed by atoms with Gasteiger partial charge in [0, 0.05) is 68.8 Å². The highest BCUT2D eigenvalue weighted by Crippen LogP contribution is 2.37. The number of piperazine rings is 1. The summed E-state index contributed by atoms with van der Waals surface area (Å²) in [4.78, 5) is 53.7. The Morgan fingerprint density at radius 3 is 2.57 bits per heavy atom. The lowest BCUT2D eigenvalue weighted by Crippen LogP contribution is -2.59. The third kappa shape index (κ3) is 5.44. The first kappa shape index (κ1) is 31.2. The molecule has 5 aromatic heterocycles. The lowest BCUT2D eigenvalue weighted by atomic mass is 9.90. The second kappa shape index (κ2) is 11.8. The summed E-state index contributed by atoms with van der Waals surface area (Å²) in [5.41, 5.74) is 5.32. The fourth-order valence-electron chi connectivity index (χ4n) is 7.70. The average molecular weight is 661 g/mol. The van der Waals surface area contributed by atoms with Crippen molar-refractivity contribution in [2.45, 2.75) is 45.7 Å². The van der Waals surface area contributed by atoms with Gasteiger partial charge < -0.3 is 23.9 Å². The van der Waals surface area contributed by atoms with Crippen LogP contribution in [0.1, 0.15) is 42.4 Å². The first-order chi connectivity index (χ1) is 23.6. The smallest absolute Gasteiger partial charge is 0.280 e. The van der Waals surface area contributed by atoms with E-state index < -0.39 is 0 Å². The van der Waals surface area contributed by atoms with E-state index in [1.807, 2.05) is 35.0 Å². The molecule has 0 saturated carbocycles. The van der Waals surface area contributed by atoms with Crippen LogP contribution in [0.3, 0.4) is 0 Å². The third-order valence-electron chi connectivity index (χ3n) is 10.3. The Bertz CT molecular complexity index is 2210. The molecule has 8 rings (SSSR count). The molecule has 0 bridgehead atoms. The number of rotatable bonds is 7. The van der Waals surface area contributed by atoms with Crippen LogP contribution in [0.25, 0.3) is 22.5 Å². The molecule has 0 radical (unpaired) electrons. The van der Waals surface area contributed by atoms with Crippen molar-refractivity contribution in [2.75, 3.05) is 43.1 Å². The maximum atomic E-state index is 13.8. The second-order valence-corrected chi connectivity index (χ2v) is 14.4. The van der Waals surface area contributed by atoms with Crippen molar-refractivity contribution in [2.24, 2.45) is 12.5 Å². The van der Waals surface area contributed by atoms with Crippen molar-refractivity contribution in [1.29, 1.82) is 0 Å². The maximum absolute atomic E-state index is 13.8. The molecule has 252 valence electrons. The average Bonchev–Trinajstić information content (AvgIpc) is 3.55. The van der Waals surface area contributed by atoms with E-state index in [0.717, 1.165) is 57.1 Å². The standard InChI is InChI=1S/C37H40N8O4/c1-23-18-42(27-21-49-22-27)9-10-43(23)26-5-6-33(39-17-26)40-30-13-25(19-41(4)35(30)47)28-7-8-38-34(29(28)20-46)45-12-11-44-31(36(45)48)14-24-15-37(2,3)16-32(24)44/h5-8,11-14,17,19-20,23,27H,9-10,15-16,18,21-22H2,1-4H3,(H,39,40)/t23-/m0/s1. The molecular formula is C37H40N8O4. The van der Waals surface area contributed by atoms with E-state index in [1.165, 1.54) is 14.7 Å². The van der Waals surface area contributed by atoms with Crippen molar-refractivity contribution < 1.29 is 9.53 Å². The number of fused-ring (bicyclic) bond motifs is 3. The third-order valence-corrected chi connectivity index (χ3v) is 10.3. The van der Waals surface area contributed by atoms with Gasteiger partial charge in [0.15, 0.2) is 12.1 Å². The van der Waals surface area contributed by atoms with E-state index in [1.54, 1.807) is 37.8 Å². The van der Waals surface area contributed by atoms with Crippen LogP contribution >= 0.6 is 0 Å². The minimum atomic E-state index is -0.246. The Hall–Kier alpha value is -5.07. The summed E-state index contributed by atoms with van der Waals surface area (Å²) in [6.07, 6.45) is 11.2. The Labute approximate surface area is 283 Å². The number of hydrogen-bond acceptors (Lipinski definition) is 9. The lowest BCUT2D eigenvalue weighted by Gasteiger charge is -2.46. The molecule has 3 aliphatic rings. The van der Waals surface area contributed by atoms with Crippen molar-refractivity contribution in [3.63, 3.8) is 0 Å². The summed E-state index contributed by atoms with van der Waals surface area (Å²) < 4.78 is 10.2. The Kier molecular flexibility index (Phi) is 7.53. The minimum absolute atomic E-state index is 0.157. The van der Waals surface area contributed by atoms with Crippen LogP contribution in [-0.4, -0.2) is 79.6 Å². The summed E-state index contributed by atoms with van der Waals surface area (Å²) in [5, 5.41) is 3.19. The van der Waals surface area contributed by atoms with E-state index in [0.29, 0.717) is 46.5 Å². The predicted molar refractivity (Wildman–Crippen MR) is 189 cm³/mol. The van der Waals surface area contributed by atoms with Crippen molar-refractivity contribution >= 4 is 29.0 Å². The van der Waals surface area contributed by atoms with Crippen molar-refractivity contribution in [3.05, 3.63) is 98.8 Å². The summed E-state index contributed by atoms with van der Waals surface area (Å²) in [6.45, 7) is 11.2. The minimum Gasteiger partial charge on any atom is -0.378 e. The molecule has 0 unspecified atom stereocenters. The molecule has 1 N–H and O–H groups in total. The van der Waals surface area contributed by atoms with Gasteiger partial charge in [-0.2, -0.15) is 0 Å². The van der Waals surface area contributed by atoms with Crippen LogP contribution in [0.5, 0.6) is 0 Å². The van der Waals surface area contributed by atoms with Gasteiger partial charge in [0.05, 0.1) is 36.7 Å². The quantitative estimate of drug-likeness (QED) is 0.260. The van der Waals surface area contributed by atoms with Gasteiger partial charge in [0.2, 0.25) is 0 Å². The number of anilines is 3. The zero-order valence-corrected chi connectivity index (χ0v) is 28.2. The number of aromatic nitrogens is 5. The number of nitrogens with zero attached hydrogens (tertiary/aromatic N) is 7. The molecule has 0 amide bonds. The van der Waals surface area contributed by atoms with Gasteiger partial charge in [0.1, 0.15) is 17.0 Å². The predicted octanol–water partition coefficient (Wildman–Crippen LogP) is 3.84. The zero-order chi connectivity index (χ0) is 34.0. The number of nitrogens with one attached hydrogen (secondary N) is 1. The highest BCUT2D eigenvalue weighted by molar-refractivity contribution is 5.91. The molecule has 12 nitrogen and oxygen atoms in total. The first-order valence-electron chi connectivity index (χ1n) is 16.8. The Morgan fingerprint density at radius 2 is 1.86 bits per heavy atom. The highest BCUT2D eigenvalue weighted by atomic mass is 16.5. The second-order valence-electron chi connectivity index (χ2n) is 14.4. The van der Waals surface area contributed by atoms with Crippen LogP contribution < -0.4 is 21.3 Å². The Balaban J connectivity index is 1.08. The summed E-state index contributed by atoms with van der Waals surface area (Å²) in [7, 11) is 1.67. The molecule has 0 spiro atoms. The zero-order valence-electron chi connectivity index (χ0n) is 28.2. The number of carbonyl (C=O) groups excluding carboxylic acids is 1. The molecule has 1 aliphatic carbocycles. The van der Waals surface area contributed by atoms with E-state index in [9.17, 15) is 14.4 Å². The summed E-state index contributed by atoms with van der Waals surface area (Å²) >= 11 is 0. The van der Waals surface area contributed by atoms with Gasteiger partial charge in [-0.15, -0.1) is 0 Å². The van der Waals surface area contributed by atoms with E-state index in [4.69, 9.17) is 4.74 Å². The van der Waals surface area contributed by atoms with Crippen LogP contribution in [0.2, 0.25) is 0 Å². The Morgan fingerprint density at radius 1 is 1.02 bits per heavy atom. The van der Waals surface area contributed by atoms with E-state index >= 15 is 0 Å². The topological polar surface area (TPSA) is 119 Å². The van der Waals surface area contributed by atoms with Crippen LogP contribution in [0.15, 0.2) is 70.9 Å². The highest BCUT2D eigenvalue weighted by Gasteiger charge is 2.33. The molecule has 5 aromatic rings. The van der Waals surface area contributed by atoms with Crippen molar-refractivity contribution in [1.82, 2.24) is 28.4 Å². The fraction of sp³-hybridized carbons (Fsp3) is 0.378. The van der Waals surface area contributed by atoms with Crippen LogP contribution in [-0.2, 0) is 24.6 Å². The van der Waals surface area contributed by atoms with Gasteiger partial charge in [0.25, 0.3) is 11.1 Å². The van der Waals surface area contributed by atoms with Gasteiger partial charge in [-0.3, -0.25) is 23.9 Å². The van der Waals surface area contributed by atoms with E-state index in [2.05, 4.69) is 45.9 Å². The number of hydrogen-bond donors (Lipinski definition) is 1. The van der Waals surface area contributed by atoms with Crippen molar-refractivity contribution in [3.8, 4) is 16.9 Å². The number of ether oxygens (including phenoxy) is 1. The lowest BCUT2D eigenvalue weighted by molar-refractivity contribution is -0.0691. The summed E-state index contributed by atoms with van der Waals surface area (Å²) in [6, 6.07) is 10.2. The monoisotopic (exact) mass is 660 g/mol. The molecule has 2 aliphatic heterocycles. The largest absolute Gasteiger partial charge is 0.378 e. The van der Waals surface area contributed by atoms with Gasteiger partial charge in [-0.1, -0.05) is 13.8 Å².